The van der Waals surface area contributed by atoms with E-state index in [0.29, 0.717) is 57.2 Å². The van der Waals surface area contributed by atoms with Crippen molar-refractivity contribution in [3.05, 3.63) is 23.8 Å². The molecule has 200 valence electrons. The Balaban J connectivity index is 1.88. The Bertz CT molecular complexity index is 926. The number of ether oxygens (including phenoxy) is 2. The average Bonchev–Trinajstić information content (AvgIpc) is 3.46. The lowest BCUT2D eigenvalue weighted by atomic mass is 9.84. The van der Waals surface area contributed by atoms with E-state index < -0.39 is 17.9 Å². The van der Waals surface area contributed by atoms with E-state index in [1.165, 1.54) is 6.92 Å². The summed E-state index contributed by atoms with van der Waals surface area (Å²) in [5.41, 5.74) is 6.60. The SMILES string of the molecule is CCCCN(CCN)C(=O)CN1CC(c2ccc3c(c2)OCO3)C(C(=O)O)C1CCN(CC)C(C)=O. The van der Waals surface area contributed by atoms with Crippen LogP contribution < -0.4 is 15.2 Å². The van der Waals surface area contributed by atoms with Crippen molar-refractivity contribution in [2.24, 2.45) is 11.7 Å². The smallest absolute Gasteiger partial charge is 0.308 e. The Morgan fingerprint density at radius 3 is 2.50 bits per heavy atom. The molecule has 1 aromatic rings. The molecule has 2 aliphatic rings. The maximum Gasteiger partial charge on any atom is 0.308 e. The van der Waals surface area contributed by atoms with Gasteiger partial charge in [0, 0.05) is 58.2 Å². The van der Waals surface area contributed by atoms with Crippen LogP contribution in [-0.4, -0.2) is 96.2 Å². The van der Waals surface area contributed by atoms with Crippen molar-refractivity contribution in [3.63, 3.8) is 0 Å². The molecule has 3 unspecified atom stereocenters. The maximum atomic E-state index is 13.3. The number of carbonyl (C=O) groups excluding carboxylic acids is 2. The first kappa shape index (κ1) is 27.7. The molecular formula is C26H40N4O6. The first-order valence-corrected chi connectivity index (χ1v) is 12.9. The van der Waals surface area contributed by atoms with Gasteiger partial charge in [0.1, 0.15) is 0 Å². The quantitative estimate of drug-likeness (QED) is 0.416. The molecule has 0 spiro atoms. The van der Waals surface area contributed by atoms with Crippen LogP contribution in [-0.2, 0) is 14.4 Å². The summed E-state index contributed by atoms with van der Waals surface area (Å²) >= 11 is 0. The number of fused-ring (bicyclic) bond motifs is 1. The van der Waals surface area contributed by atoms with Crippen LogP contribution in [0.3, 0.4) is 0 Å². The molecule has 36 heavy (non-hydrogen) atoms. The lowest BCUT2D eigenvalue weighted by molar-refractivity contribution is -0.144. The molecule has 10 nitrogen and oxygen atoms in total. The second kappa shape index (κ2) is 12.9. The van der Waals surface area contributed by atoms with E-state index >= 15 is 0 Å². The average molecular weight is 505 g/mol. The van der Waals surface area contributed by atoms with Crippen molar-refractivity contribution in [1.29, 1.82) is 0 Å². The highest BCUT2D eigenvalue weighted by atomic mass is 16.7. The minimum Gasteiger partial charge on any atom is -0.481 e. The van der Waals surface area contributed by atoms with Crippen LogP contribution in [0.4, 0.5) is 0 Å². The summed E-state index contributed by atoms with van der Waals surface area (Å²) in [7, 11) is 0. The van der Waals surface area contributed by atoms with Gasteiger partial charge in [-0.1, -0.05) is 19.4 Å². The van der Waals surface area contributed by atoms with Gasteiger partial charge in [0.2, 0.25) is 18.6 Å². The van der Waals surface area contributed by atoms with E-state index in [9.17, 15) is 19.5 Å². The van der Waals surface area contributed by atoms with Crippen LogP contribution in [0.15, 0.2) is 18.2 Å². The van der Waals surface area contributed by atoms with Crippen LogP contribution in [0.1, 0.15) is 51.5 Å². The highest BCUT2D eigenvalue weighted by molar-refractivity contribution is 5.79. The summed E-state index contributed by atoms with van der Waals surface area (Å²) in [6, 6.07) is 5.14. The lowest BCUT2D eigenvalue weighted by Gasteiger charge is -2.31. The molecule has 0 aromatic heterocycles. The second-order valence-corrected chi connectivity index (χ2v) is 9.49. The summed E-state index contributed by atoms with van der Waals surface area (Å²) < 4.78 is 10.9. The Morgan fingerprint density at radius 1 is 1.11 bits per heavy atom. The number of carbonyl (C=O) groups is 3. The number of unbranched alkanes of at least 4 members (excludes halogenated alkanes) is 1. The zero-order chi connectivity index (χ0) is 26.2. The van der Waals surface area contributed by atoms with E-state index in [4.69, 9.17) is 15.2 Å². The third-order valence-electron chi connectivity index (χ3n) is 7.25. The van der Waals surface area contributed by atoms with Gasteiger partial charge in [-0.05, 0) is 37.5 Å². The van der Waals surface area contributed by atoms with E-state index in [2.05, 4.69) is 6.92 Å². The van der Waals surface area contributed by atoms with E-state index in [1.54, 1.807) is 9.80 Å². The standard InChI is InChI=1S/C26H40N4O6/c1-4-6-11-29(13-10-27)24(32)16-30-15-20(19-7-8-22-23(14-19)36-17-35-22)25(26(33)34)21(30)9-12-28(5-2)18(3)31/h7-8,14,20-21,25H,4-6,9-13,15-17,27H2,1-3H3,(H,33,34). The van der Waals surface area contributed by atoms with E-state index in [1.807, 2.05) is 30.0 Å². The number of likely N-dealkylation sites (tertiary alicyclic amines) is 1. The number of aliphatic carboxylic acids is 1. The van der Waals surface area contributed by atoms with Crippen LogP contribution in [0.2, 0.25) is 0 Å². The normalized spacial score (nSPS) is 20.9. The largest absolute Gasteiger partial charge is 0.481 e. The van der Waals surface area contributed by atoms with Gasteiger partial charge in [0.15, 0.2) is 11.5 Å². The number of hydrogen-bond acceptors (Lipinski definition) is 7. The van der Waals surface area contributed by atoms with Gasteiger partial charge in [0.05, 0.1) is 12.5 Å². The molecule has 2 amide bonds. The van der Waals surface area contributed by atoms with Crippen molar-refractivity contribution >= 4 is 17.8 Å². The van der Waals surface area contributed by atoms with Crippen molar-refractivity contribution in [2.75, 3.05) is 52.6 Å². The Labute approximate surface area is 213 Å². The third-order valence-corrected chi connectivity index (χ3v) is 7.25. The van der Waals surface area contributed by atoms with Gasteiger partial charge >= 0.3 is 5.97 Å². The molecule has 1 saturated heterocycles. The number of carboxylic acids is 1. The molecule has 3 rings (SSSR count). The minimum atomic E-state index is -0.909. The van der Waals surface area contributed by atoms with Crippen LogP contribution in [0, 0.1) is 5.92 Å². The van der Waals surface area contributed by atoms with Crippen LogP contribution >= 0.6 is 0 Å². The molecule has 10 heteroatoms. The van der Waals surface area contributed by atoms with Gasteiger partial charge in [-0.2, -0.15) is 0 Å². The number of rotatable bonds is 13. The summed E-state index contributed by atoms with van der Waals surface area (Å²) in [4.78, 5) is 43.4. The fraction of sp³-hybridized carbons (Fsp3) is 0.654. The zero-order valence-electron chi connectivity index (χ0n) is 21.6. The van der Waals surface area contributed by atoms with Gasteiger partial charge in [0.25, 0.3) is 0 Å². The molecule has 0 saturated carbocycles. The molecule has 0 bridgehead atoms. The summed E-state index contributed by atoms with van der Waals surface area (Å²) in [6.45, 7) is 8.63. The maximum absolute atomic E-state index is 13.3. The van der Waals surface area contributed by atoms with Crippen LogP contribution in [0.25, 0.3) is 0 Å². The van der Waals surface area contributed by atoms with E-state index in [0.717, 1.165) is 18.4 Å². The Kier molecular flexibility index (Phi) is 9.95. The Morgan fingerprint density at radius 2 is 1.86 bits per heavy atom. The molecule has 2 heterocycles. The first-order chi connectivity index (χ1) is 17.3. The number of amides is 2. The zero-order valence-corrected chi connectivity index (χ0v) is 21.6. The summed E-state index contributed by atoms with van der Waals surface area (Å²) in [6.07, 6.45) is 2.31. The number of hydrogen-bond donors (Lipinski definition) is 2. The second-order valence-electron chi connectivity index (χ2n) is 9.49. The highest BCUT2D eigenvalue weighted by Gasteiger charge is 2.47. The highest BCUT2D eigenvalue weighted by Crippen LogP contribution is 2.42. The summed E-state index contributed by atoms with van der Waals surface area (Å²) in [5, 5.41) is 10.3. The number of nitrogens with two attached hydrogens (primary N) is 1. The van der Waals surface area contributed by atoms with Crippen molar-refractivity contribution < 1.29 is 29.0 Å². The lowest BCUT2D eigenvalue weighted by Crippen LogP contribution is -2.46. The Hall–Kier alpha value is -2.85. The first-order valence-electron chi connectivity index (χ1n) is 12.9. The predicted molar refractivity (Wildman–Crippen MR) is 135 cm³/mol. The summed E-state index contributed by atoms with van der Waals surface area (Å²) in [5.74, 6) is -0.832. The fourth-order valence-corrected chi connectivity index (χ4v) is 5.30. The van der Waals surface area contributed by atoms with Gasteiger partial charge in [-0.15, -0.1) is 0 Å². The van der Waals surface area contributed by atoms with Crippen molar-refractivity contribution in [1.82, 2.24) is 14.7 Å². The molecule has 1 fully saturated rings. The third kappa shape index (κ3) is 6.47. The fourth-order valence-electron chi connectivity index (χ4n) is 5.30. The number of carboxylic acid groups (broad SMARTS) is 1. The molecule has 1 aromatic carbocycles. The van der Waals surface area contributed by atoms with Crippen molar-refractivity contribution in [2.45, 2.75) is 52.0 Å². The molecule has 0 aliphatic carbocycles. The van der Waals surface area contributed by atoms with E-state index in [-0.39, 0.29) is 31.1 Å². The monoisotopic (exact) mass is 504 g/mol. The number of nitrogens with zero attached hydrogens (tertiary/aromatic N) is 3. The minimum absolute atomic E-state index is 0.0479. The van der Waals surface area contributed by atoms with Gasteiger partial charge in [-0.3, -0.25) is 19.3 Å². The van der Waals surface area contributed by atoms with Gasteiger partial charge in [-0.25, -0.2) is 0 Å². The molecule has 0 radical (unpaired) electrons. The van der Waals surface area contributed by atoms with Crippen LogP contribution in [0.5, 0.6) is 11.5 Å². The molecule has 2 aliphatic heterocycles. The molecular weight excluding hydrogens is 464 g/mol. The molecule has 3 atom stereocenters. The molecule has 3 N–H and O–H groups in total. The number of benzene rings is 1. The van der Waals surface area contributed by atoms with Crippen molar-refractivity contribution in [3.8, 4) is 11.5 Å². The van der Waals surface area contributed by atoms with Gasteiger partial charge < -0.3 is 30.1 Å². The predicted octanol–water partition coefficient (Wildman–Crippen LogP) is 1.73. The topological polar surface area (TPSA) is 126 Å².